The van der Waals surface area contributed by atoms with E-state index in [2.05, 4.69) is 27.8 Å². The maximum atomic E-state index is 15.1. The summed E-state index contributed by atoms with van der Waals surface area (Å²) in [6.45, 7) is 0. The van der Waals surface area contributed by atoms with E-state index in [9.17, 15) is 5.11 Å². The van der Waals surface area contributed by atoms with Gasteiger partial charge in [-0.3, -0.25) is 0 Å². The predicted octanol–water partition coefficient (Wildman–Crippen LogP) is 7.75. The van der Waals surface area contributed by atoms with Gasteiger partial charge in [0, 0.05) is 11.1 Å². The van der Waals surface area contributed by atoms with Gasteiger partial charge in [-0.15, -0.1) is 0 Å². The van der Waals surface area contributed by atoms with E-state index in [1.807, 2.05) is 48.7 Å². The van der Waals surface area contributed by atoms with Crippen LogP contribution >= 0.6 is 0 Å². The molecule has 4 bridgehead atoms. The van der Waals surface area contributed by atoms with Crippen LogP contribution < -0.4 is 4.74 Å². The zero-order valence-corrected chi connectivity index (χ0v) is 21.9. The van der Waals surface area contributed by atoms with Gasteiger partial charge in [-0.2, -0.15) is 0 Å². The Balaban J connectivity index is 1.06. The largest absolute Gasteiger partial charge is 0.457 e. The first-order chi connectivity index (χ1) is 19.1. The van der Waals surface area contributed by atoms with Crippen LogP contribution in [0.15, 0.2) is 85.3 Å². The Bertz CT molecular complexity index is 1520. The molecule has 1 N–H and O–H groups in total. The lowest BCUT2D eigenvalue weighted by Gasteiger charge is -2.62. The number of hydrogen-bond donors (Lipinski definition) is 1. The fourth-order valence-corrected chi connectivity index (χ4v) is 9.14. The number of rotatable bonds is 6. The lowest BCUT2D eigenvalue weighted by Crippen LogP contribution is -2.54. The number of fused-ring (bicyclic) bond motifs is 3. The van der Waals surface area contributed by atoms with Crippen molar-refractivity contribution in [2.45, 2.75) is 56.6 Å². The summed E-state index contributed by atoms with van der Waals surface area (Å²) in [5.41, 5.74) is 3.86. The summed E-state index contributed by atoms with van der Waals surface area (Å²) in [5.74, 6) is 3.87. The topological polar surface area (TPSA) is 47.3 Å². The monoisotopic (exact) mass is 520 g/mol. The van der Waals surface area contributed by atoms with Gasteiger partial charge in [-0.25, -0.2) is 9.37 Å². The Morgan fingerprint density at radius 2 is 1.72 bits per heavy atom. The van der Waals surface area contributed by atoms with E-state index in [1.54, 1.807) is 18.5 Å². The molecular formula is C34H33FN2O2. The summed E-state index contributed by atoms with van der Waals surface area (Å²) in [6.07, 6.45) is 9.35. The lowest BCUT2D eigenvalue weighted by molar-refractivity contribution is -0.134. The molecule has 0 spiro atoms. The molecule has 4 fully saturated rings. The smallest absolute Gasteiger partial charge is 0.129 e. The van der Waals surface area contributed by atoms with Crippen LogP contribution in [0.25, 0.3) is 11.3 Å². The van der Waals surface area contributed by atoms with Crippen LogP contribution in [0.3, 0.4) is 0 Å². The second-order valence-corrected chi connectivity index (χ2v) is 12.5. The highest BCUT2D eigenvalue weighted by Crippen LogP contribution is 2.66. The first-order valence-corrected chi connectivity index (χ1v) is 14.4. The quantitative estimate of drug-likeness (QED) is 0.283. The Morgan fingerprint density at radius 3 is 2.54 bits per heavy atom. The molecule has 39 heavy (non-hydrogen) atoms. The second kappa shape index (κ2) is 8.79. The number of hydrogen-bond acceptors (Lipinski definition) is 3. The van der Waals surface area contributed by atoms with Crippen molar-refractivity contribution in [2.75, 3.05) is 0 Å². The van der Waals surface area contributed by atoms with Gasteiger partial charge < -0.3 is 14.4 Å². The minimum absolute atomic E-state index is 0.0834. The maximum absolute atomic E-state index is 15.1. The van der Waals surface area contributed by atoms with E-state index in [1.165, 1.54) is 18.4 Å². The minimum atomic E-state index is -0.467. The highest BCUT2D eigenvalue weighted by molar-refractivity contribution is 5.69. The highest BCUT2D eigenvalue weighted by atomic mass is 19.1. The molecule has 4 saturated carbocycles. The molecule has 3 aromatic carbocycles. The minimum Gasteiger partial charge on any atom is -0.457 e. The molecule has 5 aliphatic rings. The van der Waals surface area contributed by atoms with Gasteiger partial charge in [0.15, 0.2) is 0 Å². The molecule has 1 aliphatic heterocycles. The van der Waals surface area contributed by atoms with E-state index in [0.29, 0.717) is 35.7 Å². The summed E-state index contributed by atoms with van der Waals surface area (Å²) < 4.78 is 23.3. The molecular weight excluding hydrogens is 487 g/mol. The van der Waals surface area contributed by atoms with Crippen LogP contribution in [0.1, 0.15) is 61.6 Å². The third-order valence-electron chi connectivity index (χ3n) is 10.4. The molecule has 9 rings (SSSR count). The van der Waals surface area contributed by atoms with Crippen molar-refractivity contribution in [3.05, 3.63) is 102 Å². The molecule has 5 heteroatoms. The average Bonchev–Trinajstić information content (AvgIpc) is 3.52. The number of para-hydroxylation sites is 1. The maximum Gasteiger partial charge on any atom is 0.129 e. The third kappa shape index (κ3) is 3.70. The molecule has 4 nitrogen and oxygen atoms in total. The van der Waals surface area contributed by atoms with Crippen LogP contribution in [0.4, 0.5) is 4.39 Å². The SMILES string of the molecule is OC(CC1c2c(F)cccc2-c2cncn21)C12CC3CC(C1)C(c1cccc(Oc4ccccc4)c1)C(C3)C2. The molecule has 2 heterocycles. The Labute approximate surface area is 228 Å². The van der Waals surface area contributed by atoms with Gasteiger partial charge in [0.2, 0.25) is 0 Å². The Morgan fingerprint density at radius 1 is 0.949 bits per heavy atom. The number of imidazole rings is 1. The van der Waals surface area contributed by atoms with E-state index in [-0.39, 0.29) is 17.3 Å². The first kappa shape index (κ1) is 23.4. The van der Waals surface area contributed by atoms with Crippen LogP contribution in [0.5, 0.6) is 11.5 Å². The molecule has 4 aliphatic carbocycles. The number of aliphatic hydroxyl groups is 1. The normalized spacial score (nSPS) is 30.7. The molecule has 198 valence electrons. The molecule has 4 atom stereocenters. The number of ether oxygens (including phenoxy) is 1. The van der Waals surface area contributed by atoms with Crippen LogP contribution in [0.2, 0.25) is 0 Å². The predicted molar refractivity (Wildman–Crippen MR) is 148 cm³/mol. The number of halogens is 1. The van der Waals surface area contributed by atoms with Gasteiger partial charge in [0.05, 0.1) is 30.4 Å². The summed E-state index contributed by atoms with van der Waals surface area (Å²) in [4.78, 5) is 4.35. The van der Waals surface area contributed by atoms with E-state index in [0.717, 1.165) is 42.0 Å². The molecule has 4 aromatic rings. The average molecular weight is 521 g/mol. The van der Waals surface area contributed by atoms with Crippen molar-refractivity contribution >= 4 is 0 Å². The molecule has 0 radical (unpaired) electrons. The van der Waals surface area contributed by atoms with Crippen molar-refractivity contribution in [1.29, 1.82) is 0 Å². The van der Waals surface area contributed by atoms with Crippen molar-refractivity contribution in [1.82, 2.24) is 9.55 Å². The zero-order chi connectivity index (χ0) is 26.1. The van der Waals surface area contributed by atoms with Crippen LogP contribution in [-0.4, -0.2) is 20.8 Å². The summed E-state index contributed by atoms with van der Waals surface area (Å²) in [7, 11) is 0. The number of nitrogens with zero attached hydrogens (tertiary/aromatic N) is 2. The lowest BCUT2D eigenvalue weighted by atomic mass is 9.44. The fourth-order valence-electron chi connectivity index (χ4n) is 9.14. The molecule has 4 unspecified atom stereocenters. The van der Waals surface area contributed by atoms with E-state index >= 15 is 4.39 Å². The van der Waals surface area contributed by atoms with Crippen molar-refractivity contribution in [3.63, 3.8) is 0 Å². The van der Waals surface area contributed by atoms with Crippen LogP contribution in [0, 0.1) is 29.0 Å². The van der Waals surface area contributed by atoms with Gasteiger partial charge in [-0.05, 0) is 104 Å². The zero-order valence-electron chi connectivity index (χ0n) is 21.9. The number of aromatic nitrogens is 2. The molecule has 0 amide bonds. The Hall–Kier alpha value is -3.44. The fraction of sp³-hybridized carbons (Fsp3) is 0.382. The molecule has 1 aromatic heterocycles. The van der Waals surface area contributed by atoms with Crippen molar-refractivity contribution in [2.24, 2.45) is 23.2 Å². The van der Waals surface area contributed by atoms with E-state index < -0.39 is 6.10 Å². The summed E-state index contributed by atoms with van der Waals surface area (Å²) in [5, 5.41) is 11.9. The van der Waals surface area contributed by atoms with Crippen molar-refractivity contribution in [3.8, 4) is 22.8 Å². The summed E-state index contributed by atoms with van der Waals surface area (Å²) in [6, 6.07) is 23.7. The number of benzene rings is 3. The van der Waals surface area contributed by atoms with Gasteiger partial charge in [0.25, 0.3) is 0 Å². The summed E-state index contributed by atoms with van der Waals surface area (Å²) >= 11 is 0. The highest BCUT2D eigenvalue weighted by Gasteiger charge is 2.58. The second-order valence-electron chi connectivity index (χ2n) is 12.5. The molecule has 0 saturated heterocycles. The van der Waals surface area contributed by atoms with Crippen molar-refractivity contribution < 1.29 is 14.2 Å². The van der Waals surface area contributed by atoms with Gasteiger partial charge in [-0.1, -0.05) is 42.5 Å². The first-order valence-electron chi connectivity index (χ1n) is 14.4. The standard InChI is InChI=1S/C34H33FN2O2/c35-28-11-5-10-27-30-19-36-20-37(30)29(33(27)28)15-31(38)34-16-21-12-23(17-34)32(24(13-21)18-34)22-6-4-9-26(14-22)39-25-7-2-1-3-8-25/h1-11,14,19-21,23-24,29,31-32,38H,12-13,15-18H2. The van der Waals surface area contributed by atoms with Crippen LogP contribution in [-0.2, 0) is 0 Å². The van der Waals surface area contributed by atoms with E-state index in [4.69, 9.17) is 4.74 Å². The Kier molecular flexibility index (Phi) is 5.28. The third-order valence-corrected chi connectivity index (χ3v) is 10.4. The van der Waals surface area contributed by atoms with Gasteiger partial charge in [0.1, 0.15) is 17.3 Å². The van der Waals surface area contributed by atoms with Gasteiger partial charge >= 0.3 is 0 Å². The number of aliphatic hydroxyl groups excluding tert-OH is 1.